The zero-order valence-corrected chi connectivity index (χ0v) is 15.1. The van der Waals surface area contributed by atoms with E-state index in [1.807, 2.05) is 36.4 Å². The molecule has 4 aromatic carbocycles. The first-order valence-electron chi connectivity index (χ1n) is 9.14. The molecule has 0 unspecified atom stereocenters. The lowest BCUT2D eigenvalue weighted by Gasteiger charge is -2.09. The van der Waals surface area contributed by atoms with Gasteiger partial charge in [-0.1, -0.05) is 48.5 Å². The molecule has 4 nitrogen and oxygen atoms in total. The number of aromatic hydroxyl groups is 1. The van der Waals surface area contributed by atoms with E-state index in [2.05, 4.69) is 34.9 Å². The van der Waals surface area contributed by atoms with E-state index in [1.54, 1.807) is 12.1 Å². The normalized spacial score (nSPS) is 11.4. The van der Waals surface area contributed by atoms with Crippen molar-refractivity contribution in [3.05, 3.63) is 90.0 Å². The molecule has 3 N–H and O–H groups in total. The van der Waals surface area contributed by atoms with Gasteiger partial charge in [-0.25, -0.2) is 0 Å². The molecule has 0 radical (unpaired) electrons. The van der Waals surface area contributed by atoms with Crippen molar-refractivity contribution < 1.29 is 9.90 Å². The summed E-state index contributed by atoms with van der Waals surface area (Å²) >= 11 is 0. The van der Waals surface area contributed by atoms with Gasteiger partial charge in [0, 0.05) is 17.5 Å². The minimum absolute atomic E-state index is 0.147. The van der Waals surface area contributed by atoms with Gasteiger partial charge in [0.05, 0.1) is 16.4 Å². The molecule has 0 aliphatic heterocycles. The van der Waals surface area contributed by atoms with E-state index in [0.29, 0.717) is 22.9 Å². The maximum atomic E-state index is 12.0. The first-order chi connectivity index (χ1) is 13.6. The van der Waals surface area contributed by atoms with Crippen molar-refractivity contribution in [2.75, 3.05) is 0 Å². The molecule has 0 spiro atoms. The molecule has 0 saturated heterocycles. The van der Waals surface area contributed by atoms with Crippen molar-refractivity contribution in [1.29, 1.82) is 0 Å². The fraction of sp³-hybridized carbons (Fsp3) is 0.0417. The van der Waals surface area contributed by atoms with Crippen LogP contribution in [0.5, 0.6) is 5.75 Å². The van der Waals surface area contributed by atoms with E-state index >= 15 is 0 Å². The Morgan fingerprint density at radius 2 is 1.54 bits per heavy atom. The van der Waals surface area contributed by atoms with Crippen molar-refractivity contribution in [2.24, 2.45) is 5.73 Å². The maximum Gasteiger partial charge on any atom is 0.249 e. The summed E-state index contributed by atoms with van der Waals surface area (Å²) < 4.78 is 2.13. The highest BCUT2D eigenvalue weighted by molar-refractivity contribution is 6.19. The molecule has 136 valence electrons. The maximum absolute atomic E-state index is 12.0. The van der Waals surface area contributed by atoms with Gasteiger partial charge in [-0.05, 0) is 46.7 Å². The molecule has 0 aliphatic carbocycles. The predicted molar refractivity (Wildman–Crippen MR) is 113 cm³/mol. The molecule has 0 saturated carbocycles. The predicted octanol–water partition coefficient (Wildman–Crippen LogP) is 4.80. The Bertz CT molecular complexity index is 1380. The molecule has 1 heterocycles. The minimum atomic E-state index is -0.501. The summed E-state index contributed by atoms with van der Waals surface area (Å²) in [5.74, 6) is -0.355. The SMILES string of the molecule is NC(=O)c1cccc2c1c1c(O)cccc1n2Cc1ccc2ccccc2c1. The van der Waals surface area contributed by atoms with Crippen LogP contribution in [-0.2, 0) is 6.54 Å². The lowest BCUT2D eigenvalue weighted by Crippen LogP contribution is -2.11. The highest BCUT2D eigenvalue weighted by atomic mass is 16.3. The first kappa shape index (κ1) is 16.4. The molecule has 5 aromatic rings. The Labute approximate surface area is 161 Å². The van der Waals surface area contributed by atoms with E-state index < -0.39 is 5.91 Å². The van der Waals surface area contributed by atoms with Gasteiger partial charge in [0.15, 0.2) is 0 Å². The van der Waals surface area contributed by atoms with Crippen molar-refractivity contribution >= 4 is 38.5 Å². The van der Waals surface area contributed by atoms with Crippen molar-refractivity contribution in [2.45, 2.75) is 6.54 Å². The number of carbonyl (C=O) groups is 1. The van der Waals surface area contributed by atoms with Gasteiger partial charge >= 0.3 is 0 Å². The van der Waals surface area contributed by atoms with Crippen LogP contribution in [-0.4, -0.2) is 15.6 Å². The third-order valence-corrected chi connectivity index (χ3v) is 5.31. The molecule has 5 rings (SSSR count). The van der Waals surface area contributed by atoms with Crippen LogP contribution in [0.15, 0.2) is 78.9 Å². The minimum Gasteiger partial charge on any atom is -0.507 e. The number of rotatable bonds is 3. The van der Waals surface area contributed by atoms with Crippen molar-refractivity contribution in [3.63, 3.8) is 0 Å². The zero-order chi connectivity index (χ0) is 19.3. The number of amides is 1. The van der Waals surface area contributed by atoms with E-state index in [1.165, 1.54) is 10.8 Å². The first-order valence-corrected chi connectivity index (χ1v) is 9.14. The third kappa shape index (κ3) is 2.42. The quantitative estimate of drug-likeness (QED) is 0.481. The van der Waals surface area contributed by atoms with Gasteiger partial charge in [0.25, 0.3) is 0 Å². The van der Waals surface area contributed by atoms with Gasteiger partial charge in [0.1, 0.15) is 5.75 Å². The average molecular weight is 366 g/mol. The largest absolute Gasteiger partial charge is 0.507 e. The van der Waals surface area contributed by atoms with Crippen LogP contribution in [0.4, 0.5) is 0 Å². The van der Waals surface area contributed by atoms with Crippen molar-refractivity contribution in [1.82, 2.24) is 4.57 Å². The highest BCUT2D eigenvalue weighted by Gasteiger charge is 2.18. The fourth-order valence-corrected chi connectivity index (χ4v) is 4.06. The van der Waals surface area contributed by atoms with Crippen LogP contribution < -0.4 is 5.73 Å². The van der Waals surface area contributed by atoms with Crippen LogP contribution in [0.25, 0.3) is 32.6 Å². The number of phenolic OH excluding ortho intramolecular Hbond substituents is 1. The molecule has 0 bridgehead atoms. The lowest BCUT2D eigenvalue weighted by atomic mass is 10.1. The number of hydrogen-bond donors (Lipinski definition) is 2. The second kappa shape index (κ2) is 6.13. The number of hydrogen-bond acceptors (Lipinski definition) is 2. The summed E-state index contributed by atoms with van der Waals surface area (Å²) in [5, 5.41) is 14.3. The number of phenols is 1. The molecule has 0 atom stereocenters. The second-order valence-corrected chi connectivity index (χ2v) is 7.00. The summed E-state index contributed by atoms with van der Waals surface area (Å²) in [7, 11) is 0. The number of nitrogens with two attached hydrogens (primary N) is 1. The molecule has 1 aromatic heterocycles. The van der Waals surface area contributed by atoms with Gasteiger partial charge in [0.2, 0.25) is 5.91 Å². The molecule has 4 heteroatoms. The van der Waals surface area contributed by atoms with E-state index in [0.717, 1.165) is 16.6 Å². The van der Waals surface area contributed by atoms with Crippen LogP contribution >= 0.6 is 0 Å². The Kier molecular flexibility index (Phi) is 3.59. The third-order valence-electron chi connectivity index (χ3n) is 5.31. The van der Waals surface area contributed by atoms with Crippen molar-refractivity contribution in [3.8, 4) is 5.75 Å². The van der Waals surface area contributed by atoms with Gasteiger partial charge < -0.3 is 15.4 Å². The smallest absolute Gasteiger partial charge is 0.249 e. The lowest BCUT2D eigenvalue weighted by molar-refractivity contribution is 0.100. The summed E-state index contributed by atoms with van der Waals surface area (Å²) in [4.78, 5) is 12.0. The Morgan fingerprint density at radius 1 is 0.821 bits per heavy atom. The monoisotopic (exact) mass is 366 g/mol. The van der Waals surface area contributed by atoms with Crippen LogP contribution in [0, 0.1) is 0 Å². The second-order valence-electron chi connectivity index (χ2n) is 7.00. The van der Waals surface area contributed by atoms with Gasteiger partial charge in [-0.2, -0.15) is 0 Å². The van der Waals surface area contributed by atoms with Gasteiger partial charge in [-0.3, -0.25) is 4.79 Å². The summed E-state index contributed by atoms with van der Waals surface area (Å²) in [6.07, 6.45) is 0. The molecule has 1 amide bonds. The number of benzene rings is 4. The zero-order valence-electron chi connectivity index (χ0n) is 15.1. The Morgan fingerprint density at radius 3 is 2.32 bits per heavy atom. The Balaban J connectivity index is 1.79. The van der Waals surface area contributed by atoms with Crippen LogP contribution in [0.2, 0.25) is 0 Å². The molecule has 0 fully saturated rings. The average Bonchev–Trinajstić information content (AvgIpc) is 3.03. The highest BCUT2D eigenvalue weighted by Crippen LogP contribution is 2.37. The number of primary amides is 1. The number of fused-ring (bicyclic) bond motifs is 4. The standard InChI is InChI=1S/C24H18N2O2/c25-24(28)18-7-3-8-19-22(18)23-20(9-4-10-21(23)27)26(19)14-15-11-12-16-5-1-2-6-17(16)13-15/h1-13,27H,14H2,(H2,25,28). The topological polar surface area (TPSA) is 68.2 Å². The molecule has 28 heavy (non-hydrogen) atoms. The molecule has 0 aliphatic rings. The van der Waals surface area contributed by atoms with Crippen LogP contribution in [0.3, 0.4) is 0 Å². The summed E-state index contributed by atoms with van der Waals surface area (Å²) in [6.45, 7) is 0.622. The Hall–Kier alpha value is -3.79. The van der Waals surface area contributed by atoms with E-state index in [9.17, 15) is 9.90 Å². The number of carbonyl (C=O) groups excluding carboxylic acids is 1. The molecular formula is C24H18N2O2. The fourth-order valence-electron chi connectivity index (χ4n) is 4.06. The van der Waals surface area contributed by atoms with E-state index in [-0.39, 0.29) is 5.75 Å². The van der Waals surface area contributed by atoms with Gasteiger partial charge in [-0.15, -0.1) is 0 Å². The van der Waals surface area contributed by atoms with E-state index in [4.69, 9.17) is 5.73 Å². The summed E-state index contributed by atoms with van der Waals surface area (Å²) in [5.41, 5.74) is 8.92. The molecular weight excluding hydrogens is 348 g/mol. The summed E-state index contributed by atoms with van der Waals surface area (Å²) in [6, 6.07) is 25.6. The number of aromatic nitrogens is 1. The number of nitrogens with zero attached hydrogens (tertiary/aromatic N) is 1. The van der Waals surface area contributed by atoms with Crippen LogP contribution in [0.1, 0.15) is 15.9 Å².